The van der Waals surface area contributed by atoms with E-state index in [2.05, 4.69) is 5.32 Å². The van der Waals surface area contributed by atoms with Crippen molar-refractivity contribution < 1.29 is 14.7 Å². The van der Waals surface area contributed by atoms with Gasteiger partial charge in [0.25, 0.3) is 0 Å². The molecule has 0 spiro atoms. The van der Waals surface area contributed by atoms with Gasteiger partial charge in [-0.15, -0.1) is 0 Å². The van der Waals surface area contributed by atoms with Gasteiger partial charge < -0.3 is 10.4 Å². The lowest BCUT2D eigenvalue weighted by Gasteiger charge is -2.21. The van der Waals surface area contributed by atoms with Crippen LogP contribution in [0.4, 0.5) is 0 Å². The van der Waals surface area contributed by atoms with Crippen LogP contribution in [0.3, 0.4) is 0 Å². The van der Waals surface area contributed by atoms with Gasteiger partial charge in [-0.1, -0.05) is 13.8 Å². The Kier molecular flexibility index (Phi) is 7.21. The van der Waals surface area contributed by atoms with Crippen molar-refractivity contribution in [2.45, 2.75) is 33.2 Å². The number of carboxylic acid groups (broad SMARTS) is 1. The first-order chi connectivity index (χ1) is 7.02. The predicted molar refractivity (Wildman–Crippen MR) is 62.0 cm³/mol. The summed E-state index contributed by atoms with van der Waals surface area (Å²) in [5, 5.41) is 11.6. The second-order valence-electron chi connectivity index (χ2n) is 3.31. The molecule has 0 aromatic carbocycles. The minimum atomic E-state index is -0.867. The van der Waals surface area contributed by atoms with Crippen molar-refractivity contribution in [3.05, 3.63) is 0 Å². The van der Waals surface area contributed by atoms with E-state index < -0.39 is 11.9 Å². The van der Waals surface area contributed by atoms with E-state index in [0.717, 1.165) is 5.75 Å². The average Bonchev–Trinajstić information content (AvgIpc) is 2.22. The first-order valence-electron chi connectivity index (χ1n) is 5.12. The number of hydrogen-bond donors (Lipinski definition) is 2. The molecular weight excluding hydrogens is 214 g/mol. The highest BCUT2D eigenvalue weighted by Crippen LogP contribution is 2.11. The number of rotatable bonds is 7. The van der Waals surface area contributed by atoms with Crippen molar-refractivity contribution in [3.63, 3.8) is 0 Å². The van der Waals surface area contributed by atoms with E-state index in [1.807, 2.05) is 6.92 Å². The van der Waals surface area contributed by atoms with Gasteiger partial charge in [-0.05, 0) is 12.7 Å². The topological polar surface area (TPSA) is 66.4 Å². The second kappa shape index (κ2) is 7.56. The molecule has 2 N–H and O–H groups in total. The number of carbonyl (C=O) groups is 2. The van der Waals surface area contributed by atoms with Gasteiger partial charge in [0.2, 0.25) is 5.91 Å². The molecule has 0 heterocycles. The quantitative estimate of drug-likeness (QED) is 0.696. The van der Waals surface area contributed by atoms with Crippen LogP contribution in [0.25, 0.3) is 0 Å². The van der Waals surface area contributed by atoms with E-state index in [1.54, 1.807) is 25.6 Å². The maximum absolute atomic E-state index is 11.2. The van der Waals surface area contributed by atoms with Crippen molar-refractivity contribution in [1.82, 2.24) is 5.32 Å². The number of aliphatic carboxylic acids is 1. The largest absolute Gasteiger partial charge is 0.481 e. The number of amides is 1. The summed E-state index contributed by atoms with van der Waals surface area (Å²) >= 11 is 1.64. The Morgan fingerprint density at radius 1 is 1.40 bits per heavy atom. The Labute approximate surface area is 94.8 Å². The number of thioether (sulfide) groups is 1. The molecule has 0 aromatic rings. The summed E-state index contributed by atoms with van der Waals surface area (Å²) in [6, 6.07) is -0.278. The normalized spacial score (nSPS) is 14.3. The fourth-order valence-electron chi connectivity index (χ4n) is 1.04. The van der Waals surface area contributed by atoms with Crippen LogP contribution in [0, 0.1) is 5.92 Å². The molecule has 0 aliphatic heterocycles. The van der Waals surface area contributed by atoms with Gasteiger partial charge in [0.15, 0.2) is 0 Å². The number of carboxylic acids is 1. The lowest BCUT2D eigenvalue weighted by atomic mass is 10.0. The fraction of sp³-hybridized carbons (Fsp3) is 0.800. The Balaban J connectivity index is 4.29. The molecule has 0 aromatic heterocycles. The standard InChI is InChI=1S/C10H19NO3S/c1-4-9(12)11-8(6-15-5-2)7(3)10(13)14/h7-8H,4-6H2,1-3H3,(H,11,12)(H,13,14). The Bertz CT molecular complexity index is 221. The summed E-state index contributed by atoms with van der Waals surface area (Å²) in [5.74, 6) is 0.0676. The molecular formula is C10H19NO3S. The minimum absolute atomic E-state index is 0.0928. The van der Waals surface area contributed by atoms with Crippen LogP contribution < -0.4 is 5.32 Å². The highest BCUT2D eigenvalue weighted by atomic mass is 32.2. The van der Waals surface area contributed by atoms with Crippen LogP contribution in [0.1, 0.15) is 27.2 Å². The number of nitrogens with one attached hydrogen (secondary N) is 1. The Morgan fingerprint density at radius 3 is 2.40 bits per heavy atom. The van der Waals surface area contributed by atoms with Crippen molar-refractivity contribution in [3.8, 4) is 0 Å². The summed E-state index contributed by atoms with van der Waals surface area (Å²) < 4.78 is 0. The highest BCUT2D eigenvalue weighted by Gasteiger charge is 2.24. The maximum atomic E-state index is 11.2. The first-order valence-corrected chi connectivity index (χ1v) is 6.28. The summed E-state index contributed by atoms with van der Waals surface area (Å²) in [6.45, 7) is 5.39. The molecule has 0 aliphatic rings. The molecule has 88 valence electrons. The van der Waals surface area contributed by atoms with E-state index in [9.17, 15) is 9.59 Å². The average molecular weight is 233 g/mol. The van der Waals surface area contributed by atoms with Gasteiger partial charge in [0.1, 0.15) is 0 Å². The Hall–Kier alpha value is -0.710. The van der Waals surface area contributed by atoms with Gasteiger partial charge in [-0.3, -0.25) is 9.59 Å². The van der Waals surface area contributed by atoms with Crippen LogP contribution >= 0.6 is 11.8 Å². The predicted octanol–water partition coefficient (Wildman–Crippen LogP) is 1.35. The molecule has 2 atom stereocenters. The third-order valence-electron chi connectivity index (χ3n) is 2.16. The molecule has 4 nitrogen and oxygen atoms in total. The summed E-state index contributed by atoms with van der Waals surface area (Å²) in [7, 11) is 0. The van der Waals surface area contributed by atoms with Crippen LogP contribution in [-0.4, -0.2) is 34.5 Å². The number of hydrogen-bond acceptors (Lipinski definition) is 3. The number of carbonyl (C=O) groups excluding carboxylic acids is 1. The van der Waals surface area contributed by atoms with Crippen LogP contribution in [0.15, 0.2) is 0 Å². The maximum Gasteiger partial charge on any atom is 0.308 e. The highest BCUT2D eigenvalue weighted by molar-refractivity contribution is 7.99. The zero-order chi connectivity index (χ0) is 11.8. The van der Waals surface area contributed by atoms with Crippen LogP contribution in [0.5, 0.6) is 0 Å². The molecule has 0 rings (SSSR count). The fourth-order valence-corrected chi connectivity index (χ4v) is 1.90. The Morgan fingerprint density at radius 2 is 2.00 bits per heavy atom. The van der Waals surface area contributed by atoms with Gasteiger partial charge in [-0.2, -0.15) is 11.8 Å². The lowest BCUT2D eigenvalue weighted by molar-refractivity contribution is -0.142. The van der Waals surface area contributed by atoms with Crippen molar-refractivity contribution in [1.29, 1.82) is 0 Å². The summed E-state index contributed by atoms with van der Waals surface area (Å²) in [6.07, 6.45) is 0.389. The molecule has 0 bridgehead atoms. The van der Waals surface area contributed by atoms with Gasteiger partial charge >= 0.3 is 5.97 Å². The van der Waals surface area contributed by atoms with Gasteiger partial charge in [0, 0.05) is 12.2 Å². The van der Waals surface area contributed by atoms with Gasteiger partial charge in [0.05, 0.1) is 12.0 Å². The van der Waals surface area contributed by atoms with E-state index >= 15 is 0 Å². The van der Waals surface area contributed by atoms with Crippen LogP contribution in [0.2, 0.25) is 0 Å². The molecule has 1 amide bonds. The lowest BCUT2D eigenvalue weighted by Crippen LogP contribution is -2.43. The van der Waals surface area contributed by atoms with Crippen LogP contribution in [-0.2, 0) is 9.59 Å². The van der Waals surface area contributed by atoms with Crippen molar-refractivity contribution in [2.75, 3.05) is 11.5 Å². The molecule has 0 saturated heterocycles. The molecule has 5 heteroatoms. The third-order valence-corrected chi connectivity index (χ3v) is 3.17. The zero-order valence-corrected chi connectivity index (χ0v) is 10.3. The van der Waals surface area contributed by atoms with E-state index in [-0.39, 0.29) is 11.9 Å². The third kappa shape index (κ3) is 5.67. The molecule has 0 saturated carbocycles. The minimum Gasteiger partial charge on any atom is -0.481 e. The van der Waals surface area contributed by atoms with E-state index in [1.165, 1.54) is 0 Å². The summed E-state index contributed by atoms with van der Waals surface area (Å²) in [4.78, 5) is 22.0. The van der Waals surface area contributed by atoms with Crippen molar-refractivity contribution >= 4 is 23.6 Å². The van der Waals surface area contributed by atoms with E-state index in [4.69, 9.17) is 5.11 Å². The van der Waals surface area contributed by atoms with E-state index in [0.29, 0.717) is 12.2 Å². The summed E-state index contributed by atoms with van der Waals surface area (Å²) in [5.41, 5.74) is 0. The smallest absolute Gasteiger partial charge is 0.308 e. The second-order valence-corrected chi connectivity index (χ2v) is 4.63. The molecule has 2 unspecified atom stereocenters. The molecule has 0 fully saturated rings. The SMILES string of the molecule is CCSCC(NC(=O)CC)C(C)C(=O)O. The zero-order valence-electron chi connectivity index (χ0n) is 9.45. The molecule has 0 radical (unpaired) electrons. The van der Waals surface area contributed by atoms with Gasteiger partial charge in [-0.25, -0.2) is 0 Å². The first kappa shape index (κ1) is 14.3. The monoisotopic (exact) mass is 233 g/mol. The molecule has 15 heavy (non-hydrogen) atoms. The van der Waals surface area contributed by atoms with Crippen molar-refractivity contribution in [2.24, 2.45) is 5.92 Å². The molecule has 0 aliphatic carbocycles.